The molecule has 2 aromatic carbocycles. The highest BCUT2D eigenvalue weighted by atomic mass is 19.1. The van der Waals surface area contributed by atoms with Gasteiger partial charge >= 0.3 is 0 Å². The van der Waals surface area contributed by atoms with Gasteiger partial charge in [-0.25, -0.2) is 13.8 Å². The summed E-state index contributed by atoms with van der Waals surface area (Å²) in [6.07, 6.45) is 3.70. The molecule has 0 aliphatic carbocycles. The van der Waals surface area contributed by atoms with Crippen molar-refractivity contribution in [3.05, 3.63) is 95.3 Å². The van der Waals surface area contributed by atoms with E-state index in [4.69, 9.17) is 10.7 Å². The SMILES string of the molecule is Cc1c(-c2cc3cc(F)ccc3n2Cc2ccc(F)cc2)nc2cc(C(=O)N3CCCC(N)C3)ccn12. The molecule has 1 unspecified atom stereocenters. The highest BCUT2D eigenvalue weighted by Crippen LogP contribution is 2.32. The summed E-state index contributed by atoms with van der Waals surface area (Å²) in [5, 5.41) is 0.755. The van der Waals surface area contributed by atoms with Gasteiger partial charge in [-0.15, -0.1) is 0 Å². The number of hydrogen-bond acceptors (Lipinski definition) is 3. The molecule has 37 heavy (non-hydrogen) atoms. The minimum atomic E-state index is -0.315. The molecular weight excluding hydrogens is 472 g/mol. The first-order valence-electron chi connectivity index (χ1n) is 12.4. The zero-order valence-electron chi connectivity index (χ0n) is 20.5. The predicted molar refractivity (Wildman–Crippen MR) is 139 cm³/mol. The van der Waals surface area contributed by atoms with Crippen LogP contribution in [0.25, 0.3) is 27.9 Å². The highest BCUT2D eigenvalue weighted by molar-refractivity contribution is 5.95. The van der Waals surface area contributed by atoms with Crippen LogP contribution in [0.15, 0.2) is 66.9 Å². The maximum atomic E-state index is 14.1. The number of imidazole rings is 1. The van der Waals surface area contributed by atoms with Crippen molar-refractivity contribution in [3.8, 4) is 11.4 Å². The third-order valence-electron chi connectivity index (χ3n) is 7.22. The van der Waals surface area contributed by atoms with Crippen LogP contribution in [0.3, 0.4) is 0 Å². The second-order valence-corrected chi connectivity index (χ2v) is 9.79. The minimum absolute atomic E-state index is 0.00886. The lowest BCUT2D eigenvalue weighted by atomic mass is 10.1. The first-order chi connectivity index (χ1) is 17.9. The molecule has 5 aromatic rings. The van der Waals surface area contributed by atoms with Gasteiger partial charge in [0, 0.05) is 54.0 Å². The third-order valence-corrected chi connectivity index (χ3v) is 7.22. The first-order valence-corrected chi connectivity index (χ1v) is 12.4. The molecule has 6 rings (SSSR count). The van der Waals surface area contributed by atoms with Gasteiger partial charge in [0.05, 0.1) is 5.69 Å². The van der Waals surface area contributed by atoms with Crippen molar-refractivity contribution < 1.29 is 13.6 Å². The van der Waals surface area contributed by atoms with Crippen molar-refractivity contribution >= 4 is 22.5 Å². The zero-order chi connectivity index (χ0) is 25.7. The Morgan fingerprint density at radius 2 is 1.84 bits per heavy atom. The molecule has 1 aliphatic heterocycles. The molecule has 3 aromatic heterocycles. The maximum Gasteiger partial charge on any atom is 0.254 e. The molecule has 1 saturated heterocycles. The van der Waals surface area contributed by atoms with Gasteiger partial charge in [0.1, 0.15) is 23.0 Å². The molecule has 188 valence electrons. The van der Waals surface area contributed by atoms with E-state index in [0.29, 0.717) is 30.8 Å². The number of nitrogens with two attached hydrogens (primary N) is 1. The molecule has 6 nitrogen and oxygen atoms in total. The number of rotatable bonds is 4. The van der Waals surface area contributed by atoms with E-state index in [-0.39, 0.29) is 23.6 Å². The number of carbonyl (C=O) groups is 1. The summed E-state index contributed by atoms with van der Waals surface area (Å²) in [6.45, 7) is 3.71. The van der Waals surface area contributed by atoms with Crippen LogP contribution in [0.2, 0.25) is 0 Å². The van der Waals surface area contributed by atoms with Gasteiger partial charge in [-0.2, -0.15) is 0 Å². The number of pyridine rings is 1. The molecule has 2 N–H and O–H groups in total. The van der Waals surface area contributed by atoms with Gasteiger partial charge in [-0.05, 0) is 73.9 Å². The molecule has 8 heteroatoms. The van der Waals surface area contributed by atoms with Gasteiger partial charge in [-0.1, -0.05) is 12.1 Å². The standard InChI is InChI=1S/C29H27F2N5O/c1-18-28(33-27-15-20(10-12-35(18)27)29(37)34-11-2-3-24(32)17-34)26-14-21-13-23(31)8-9-25(21)36(26)16-19-4-6-22(30)7-5-19/h4-10,12-15,24H,2-3,11,16-17,32H2,1H3. The molecule has 0 radical (unpaired) electrons. The van der Waals surface area contributed by atoms with E-state index in [2.05, 4.69) is 4.57 Å². The van der Waals surface area contributed by atoms with Crippen LogP contribution in [0.1, 0.15) is 34.5 Å². The van der Waals surface area contributed by atoms with E-state index in [0.717, 1.165) is 46.4 Å². The highest BCUT2D eigenvalue weighted by Gasteiger charge is 2.24. The smallest absolute Gasteiger partial charge is 0.254 e. The largest absolute Gasteiger partial charge is 0.337 e. The number of aryl methyl sites for hydroxylation is 1. The van der Waals surface area contributed by atoms with Crippen molar-refractivity contribution in [1.82, 2.24) is 18.9 Å². The molecule has 1 aliphatic rings. The van der Waals surface area contributed by atoms with Crippen molar-refractivity contribution in [2.24, 2.45) is 5.73 Å². The van der Waals surface area contributed by atoms with Crippen LogP contribution in [0.5, 0.6) is 0 Å². The summed E-state index contributed by atoms with van der Waals surface area (Å²) in [5.41, 5.74) is 11.5. The quantitative estimate of drug-likeness (QED) is 0.372. The van der Waals surface area contributed by atoms with Gasteiger partial charge in [0.15, 0.2) is 0 Å². The number of amides is 1. The number of likely N-dealkylation sites (tertiary alicyclic amines) is 1. The average Bonchev–Trinajstić information content (AvgIpc) is 3.41. The van der Waals surface area contributed by atoms with Crippen LogP contribution in [0, 0.1) is 18.6 Å². The molecule has 4 heterocycles. The minimum Gasteiger partial charge on any atom is -0.337 e. The van der Waals surface area contributed by atoms with Crippen LogP contribution in [-0.4, -0.2) is 43.9 Å². The lowest BCUT2D eigenvalue weighted by Crippen LogP contribution is -2.45. The Morgan fingerprint density at radius 1 is 1.05 bits per heavy atom. The van der Waals surface area contributed by atoms with Crippen LogP contribution < -0.4 is 5.73 Å². The van der Waals surface area contributed by atoms with Crippen LogP contribution in [-0.2, 0) is 6.54 Å². The number of hydrogen-bond donors (Lipinski definition) is 1. The molecule has 0 saturated carbocycles. The number of nitrogens with zero attached hydrogens (tertiary/aromatic N) is 4. The van der Waals surface area contributed by atoms with E-state index in [1.165, 1.54) is 24.3 Å². The molecule has 0 bridgehead atoms. The fourth-order valence-electron chi connectivity index (χ4n) is 5.30. The van der Waals surface area contributed by atoms with E-state index < -0.39 is 0 Å². The van der Waals surface area contributed by atoms with Crippen LogP contribution in [0.4, 0.5) is 8.78 Å². The average molecular weight is 500 g/mol. The van der Waals surface area contributed by atoms with Crippen molar-refractivity contribution in [2.45, 2.75) is 32.4 Å². The molecule has 1 fully saturated rings. The molecule has 1 atom stereocenters. The number of fused-ring (bicyclic) bond motifs is 2. The Balaban J connectivity index is 1.44. The Labute approximate surface area is 212 Å². The second-order valence-electron chi connectivity index (χ2n) is 9.79. The second kappa shape index (κ2) is 9.12. The lowest BCUT2D eigenvalue weighted by Gasteiger charge is -2.30. The summed E-state index contributed by atoms with van der Waals surface area (Å²) in [7, 11) is 0. The van der Waals surface area contributed by atoms with Gasteiger partial charge in [-0.3, -0.25) is 4.79 Å². The summed E-state index contributed by atoms with van der Waals surface area (Å²) >= 11 is 0. The predicted octanol–water partition coefficient (Wildman–Crippen LogP) is 5.15. The normalized spacial score (nSPS) is 16.1. The summed E-state index contributed by atoms with van der Waals surface area (Å²) in [5.74, 6) is -0.650. The van der Waals surface area contributed by atoms with E-state index >= 15 is 0 Å². The number of piperidine rings is 1. The van der Waals surface area contributed by atoms with Crippen molar-refractivity contribution in [3.63, 3.8) is 0 Å². The van der Waals surface area contributed by atoms with Gasteiger partial charge in [0.25, 0.3) is 5.91 Å². The number of halogens is 2. The molecule has 1 amide bonds. The van der Waals surface area contributed by atoms with Crippen LogP contribution >= 0.6 is 0 Å². The van der Waals surface area contributed by atoms with Gasteiger partial charge < -0.3 is 19.6 Å². The van der Waals surface area contributed by atoms with Crippen molar-refractivity contribution in [1.29, 1.82) is 0 Å². The zero-order valence-corrected chi connectivity index (χ0v) is 20.5. The maximum absolute atomic E-state index is 14.1. The van der Waals surface area contributed by atoms with E-state index in [9.17, 15) is 13.6 Å². The topological polar surface area (TPSA) is 68.6 Å². The number of carbonyl (C=O) groups excluding carboxylic acids is 1. The van der Waals surface area contributed by atoms with E-state index in [1.54, 1.807) is 18.2 Å². The summed E-state index contributed by atoms with van der Waals surface area (Å²) in [6, 6.07) is 16.6. The fraction of sp³-hybridized carbons (Fsp3) is 0.241. The third kappa shape index (κ3) is 4.27. The fourth-order valence-corrected chi connectivity index (χ4v) is 5.30. The monoisotopic (exact) mass is 499 g/mol. The first kappa shape index (κ1) is 23.4. The Hall–Kier alpha value is -4.04. The summed E-state index contributed by atoms with van der Waals surface area (Å²) < 4.78 is 31.6. The van der Waals surface area contributed by atoms with Crippen molar-refractivity contribution in [2.75, 3.05) is 13.1 Å². The Kier molecular flexibility index (Phi) is 5.76. The number of benzene rings is 2. The lowest BCUT2D eigenvalue weighted by molar-refractivity contribution is 0.0709. The Bertz CT molecular complexity index is 1640. The molecule has 0 spiro atoms. The van der Waals surface area contributed by atoms with E-state index in [1.807, 2.05) is 40.6 Å². The Morgan fingerprint density at radius 3 is 2.62 bits per heavy atom. The molecular formula is C29H27F2N5O. The number of aromatic nitrogens is 3. The van der Waals surface area contributed by atoms with Gasteiger partial charge in [0.2, 0.25) is 0 Å². The summed E-state index contributed by atoms with van der Waals surface area (Å²) in [4.78, 5) is 19.9.